The van der Waals surface area contributed by atoms with Crippen LogP contribution in [0, 0.1) is 0 Å². The van der Waals surface area contributed by atoms with Gasteiger partial charge in [-0.2, -0.15) is 0 Å². The van der Waals surface area contributed by atoms with Crippen LogP contribution in [0.1, 0.15) is 11.1 Å². The number of ether oxygens (including phenoxy) is 1. The van der Waals surface area contributed by atoms with Crippen LogP contribution in [0.4, 0.5) is 5.69 Å². The van der Waals surface area contributed by atoms with Crippen LogP contribution < -0.4 is 10.1 Å². The Balaban J connectivity index is 1.84. The average Bonchev–Trinajstić information content (AvgIpc) is 2.71. The maximum Gasteiger partial charge on any atom is 0.136 e. The Kier molecular flexibility index (Phi) is 3.90. The molecule has 0 saturated heterocycles. The largest absolute Gasteiger partial charge is 0.456 e. The molecule has 2 aromatic rings. The summed E-state index contributed by atoms with van der Waals surface area (Å²) in [5, 5.41) is 21.3. The summed E-state index contributed by atoms with van der Waals surface area (Å²) in [4.78, 5) is 0. The molecule has 0 amide bonds. The second-order valence-electron chi connectivity index (χ2n) is 4.94. The normalized spacial score (nSPS) is 13.6. The van der Waals surface area contributed by atoms with Crippen molar-refractivity contribution in [2.45, 2.75) is 6.10 Å². The van der Waals surface area contributed by atoms with E-state index in [0.717, 1.165) is 28.3 Å². The monoisotopic (exact) mass is 283 g/mol. The average molecular weight is 283 g/mol. The van der Waals surface area contributed by atoms with E-state index in [1.165, 1.54) is 0 Å². The molecule has 1 heterocycles. The summed E-state index contributed by atoms with van der Waals surface area (Å²) >= 11 is 0. The molecule has 0 saturated carbocycles. The number of rotatable bonds is 4. The molecular weight excluding hydrogens is 266 g/mol. The Hall–Kier alpha value is -2.30. The van der Waals surface area contributed by atoms with E-state index in [0.29, 0.717) is 6.54 Å². The molecule has 0 bridgehead atoms. The Labute approximate surface area is 123 Å². The van der Waals surface area contributed by atoms with Gasteiger partial charge in [-0.15, -0.1) is 0 Å². The first kappa shape index (κ1) is 13.7. The molecule has 4 heteroatoms. The van der Waals surface area contributed by atoms with Gasteiger partial charge in [0.1, 0.15) is 11.5 Å². The fraction of sp³-hybridized carbons (Fsp3) is 0.176. The number of anilines is 1. The van der Waals surface area contributed by atoms with Gasteiger partial charge in [0, 0.05) is 29.4 Å². The summed E-state index contributed by atoms with van der Waals surface area (Å²) in [5.41, 5.74) is 2.88. The summed E-state index contributed by atoms with van der Waals surface area (Å²) in [6, 6.07) is 13.6. The van der Waals surface area contributed by atoms with E-state index in [4.69, 9.17) is 9.84 Å². The molecule has 1 aliphatic heterocycles. The molecule has 0 spiro atoms. The molecule has 21 heavy (non-hydrogen) atoms. The molecule has 1 aliphatic rings. The zero-order valence-corrected chi connectivity index (χ0v) is 11.5. The second-order valence-corrected chi connectivity index (χ2v) is 4.94. The van der Waals surface area contributed by atoms with Gasteiger partial charge in [0.2, 0.25) is 0 Å². The van der Waals surface area contributed by atoms with Crippen LogP contribution in [0.3, 0.4) is 0 Å². The van der Waals surface area contributed by atoms with E-state index in [2.05, 4.69) is 5.32 Å². The summed E-state index contributed by atoms with van der Waals surface area (Å²) in [7, 11) is 0. The third-order valence-electron chi connectivity index (χ3n) is 3.35. The zero-order valence-electron chi connectivity index (χ0n) is 11.5. The van der Waals surface area contributed by atoms with Crippen LogP contribution in [0.2, 0.25) is 0 Å². The third-order valence-corrected chi connectivity index (χ3v) is 3.35. The highest BCUT2D eigenvalue weighted by Crippen LogP contribution is 2.35. The number of aliphatic hydroxyl groups is 2. The van der Waals surface area contributed by atoms with E-state index in [9.17, 15) is 5.11 Å². The SMILES string of the molecule is OCC(O)CNc1ccc2c(c1)Oc1ccccc1C=C2. The van der Waals surface area contributed by atoms with Crippen molar-refractivity contribution in [3.05, 3.63) is 53.6 Å². The van der Waals surface area contributed by atoms with E-state index < -0.39 is 6.10 Å². The molecule has 0 aliphatic carbocycles. The first-order chi connectivity index (χ1) is 10.3. The Morgan fingerprint density at radius 2 is 1.76 bits per heavy atom. The highest BCUT2D eigenvalue weighted by molar-refractivity contribution is 5.78. The predicted molar refractivity (Wildman–Crippen MR) is 83.5 cm³/mol. The van der Waals surface area contributed by atoms with Gasteiger partial charge in [-0.05, 0) is 18.2 Å². The van der Waals surface area contributed by atoms with E-state index >= 15 is 0 Å². The van der Waals surface area contributed by atoms with Crippen LogP contribution in [-0.4, -0.2) is 29.5 Å². The minimum atomic E-state index is -0.773. The number of benzene rings is 2. The standard InChI is InChI=1S/C17H17NO3/c19-11-15(20)10-18-14-8-7-13-6-5-12-3-1-2-4-16(12)21-17(13)9-14/h1-9,15,18-20H,10-11H2. The van der Waals surface area contributed by atoms with Crippen LogP contribution >= 0.6 is 0 Å². The highest BCUT2D eigenvalue weighted by atomic mass is 16.5. The Morgan fingerprint density at radius 3 is 2.57 bits per heavy atom. The zero-order chi connectivity index (χ0) is 14.7. The highest BCUT2D eigenvalue weighted by Gasteiger charge is 2.11. The Morgan fingerprint density at radius 1 is 1.00 bits per heavy atom. The Bertz CT molecular complexity index is 667. The van der Waals surface area contributed by atoms with Gasteiger partial charge in [0.15, 0.2) is 0 Å². The molecule has 108 valence electrons. The lowest BCUT2D eigenvalue weighted by molar-refractivity contribution is 0.105. The van der Waals surface area contributed by atoms with Crippen molar-refractivity contribution < 1.29 is 14.9 Å². The number of nitrogens with one attached hydrogen (secondary N) is 1. The first-order valence-electron chi connectivity index (χ1n) is 6.88. The molecule has 0 fully saturated rings. The van der Waals surface area contributed by atoms with E-state index in [1.807, 2.05) is 54.6 Å². The van der Waals surface area contributed by atoms with Gasteiger partial charge in [-0.25, -0.2) is 0 Å². The molecule has 1 unspecified atom stereocenters. The maximum atomic E-state index is 9.38. The van der Waals surface area contributed by atoms with E-state index in [-0.39, 0.29) is 6.61 Å². The molecule has 3 rings (SSSR count). The van der Waals surface area contributed by atoms with E-state index in [1.54, 1.807) is 0 Å². The van der Waals surface area contributed by atoms with Crippen LogP contribution in [-0.2, 0) is 0 Å². The van der Waals surface area contributed by atoms with Crippen molar-refractivity contribution in [1.82, 2.24) is 0 Å². The van der Waals surface area contributed by atoms with Crippen LogP contribution in [0.5, 0.6) is 11.5 Å². The van der Waals surface area contributed by atoms with Gasteiger partial charge in [0.05, 0.1) is 12.7 Å². The van der Waals surface area contributed by atoms with Crippen molar-refractivity contribution in [3.8, 4) is 11.5 Å². The van der Waals surface area contributed by atoms with Gasteiger partial charge in [0.25, 0.3) is 0 Å². The summed E-state index contributed by atoms with van der Waals surface area (Å²) in [5.74, 6) is 1.58. The molecular formula is C17H17NO3. The summed E-state index contributed by atoms with van der Waals surface area (Å²) in [6.45, 7) is 0.0340. The number of hydrogen-bond donors (Lipinski definition) is 3. The second kappa shape index (κ2) is 5.99. The third kappa shape index (κ3) is 3.07. The smallest absolute Gasteiger partial charge is 0.136 e. The lowest BCUT2D eigenvalue weighted by atomic mass is 10.1. The summed E-state index contributed by atoms with van der Waals surface area (Å²) < 4.78 is 5.96. The topological polar surface area (TPSA) is 61.7 Å². The van der Waals surface area contributed by atoms with Crippen molar-refractivity contribution in [2.24, 2.45) is 0 Å². The molecule has 0 radical (unpaired) electrons. The molecule has 0 aromatic heterocycles. The maximum absolute atomic E-state index is 9.38. The van der Waals surface area contributed by atoms with Crippen molar-refractivity contribution in [1.29, 1.82) is 0 Å². The van der Waals surface area contributed by atoms with Crippen LogP contribution in [0.25, 0.3) is 12.2 Å². The van der Waals surface area contributed by atoms with Gasteiger partial charge < -0.3 is 20.3 Å². The fourth-order valence-electron chi connectivity index (χ4n) is 2.18. The number of para-hydroxylation sites is 1. The van der Waals surface area contributed by atoms with Gasteiger partial charge in [-0.3, -0.25) is 0 Å². The quantitative estimate of drug-likeness (QED) is 0.689. The van der Waals surface area contributed by atoms with Crippen molar-refractivity contribution in [3.63, 3.8) is 0 Å². The molecule has 3 N–H and O–H groups in total. The number of hydrogen-bond acceptors (Lipinski definition) is 4. The van der Waals surface area contributed by atoms with Gasteiger partial charge >= 0.3 is 0 Å². The molecule has 1 atom stereocenters. The predicted octanol–water partition coefficient (Wildman–Crippen LogP) is 2.73. The minimum Gasteiger partial charge on any atom is -0.456 e. The molecule has 2 aromatic carbocycles. The van der Waals surface area contributed by atoms with Crippen molar-refractivity contribution in [2.75, 3.05) is 18.5 Å². The van der Waals surface area contributed by atoms with Gasteiger partial charge in [-0.1, -0.05) is 30.4 Å². The van der Waals surface area contributed by atoms with Crippen molar-refractivity contribution >= 4 is 17.8 Å². The molecule has 4 nitrogen and oxygen atoms in total. The minimum absolute atomic E-state index is 0.259. The lowest BCUT2D eigenvalue weighted by Gasteiger charge is -2.13. The first-order valence-corrected chi connectivity index (χ1v) is 6.88. The summed E-state index contributed by atoms with van der Waals surface area (Å²) in [6.07, 6.45) is 3.28. The lowest BCUT2D eigenvalue weighted by Crippen LogP contribution is -2.22. The number of aliphatic hydroxyl groups excluding tert-OH is 2. The number of fused-ring (bicyclic) bond motifs is 2. The van der Waals surface area contributed by atoms with Crippen LogP contribution in [0.15, 0.2) is 42.5 Å². The fourth-order valence-corrected chi connectivity index (χ4v) is 2.18.